The number of aromatic nitrogens is 2. The molecular weight excluding hydrogens is 240 g/mol. The predicted molar refractivity (Wildman–Crippen MR) is 75.9 cm³/mol. The summed E-state index contributed by atoms with van der Waals surface area (Å²) in [6.07, 6.45) is 6.83. The Balaban J connectivity index is 2.04. The monoisotopic (exact) mass is 264 g/mol. The van der Waals surface area contributed by atoms with E-state index in [0.717, 1.165) is 37.4 Å². The second-order valence-corrected chi connectivity index (χ2v) is 5.40. The lowest BCUT2D eigenvalue weighted by atomic mass is 9.89. The Bertz CT molecular complexity index is 402. The molecule has 1 saturated carbocycles. The molecule has 19 heavy (non-hydrogen) atoms. The third kappa shape index (κ3) is 4.06. The number of rotatable bonds is 5. The molecule has 2 rings (SSSR count). The van der Waals surface area contributed by atoms with Gasteiger partial charge in [0.1, 0.15) is 17.7 Å². The van der Waals surface area contributed by atoms with Crippen molar-refractivity contribution < 1.29 is 4.74 Å². The Morgan fingerprint density at radius 3 is 2.68 bits per heavy atom. The highest BCUT2D eigenvalue weighted by Gasteiger charge is 2.20. The van der Waals surface area contributed by atoms with Crippen LogP contribution in [0.5, 0.6) is 5.88 Å². The first-order valence-electron chi connectivity index (χ1n) is 7.22. The highest BCUT2D eigenvalue weighted by Crippen LogP contribution is 2.27. The van der Waals surface area contributed by atoms with Gasteiger partial charge in [0.15, 0.2) is 0 Å². The van der Waals surface area contributed by atoms with Crippen LogP contribution < -0.4 is 16.0 Å². The first kappa shape index (κ1) is 14.1. The summed E-state index contributed by atoms with van der Waals surface area (Å²) in [6.45, 7) is 4.41. The highest BCUT2D eigenvalue weighted by molar-refractivity contribution is 5.37. The average molecular weight is 264 g/mol. The van der Waals surface area contributed by atoms with Crippen LogP contribution in [0, 0.1) is 5.92 Å². The standard InChI is InChI=1S/C14H24N4O/c1-3-4-12-16-13(18-15)9-14(17-12)19-11-7-5-10(2)6-8-11/h9-11H,3-8,15H2,1-2H3,(H,16,17,18). The molecule has 0 saturated heterocycles. The summed E-state index contributed by atoms with van der Waals surface area (Å²) in [6, 6.07) is 1.77. The van der Waals surface area contributed by atoms with Crippen LogP contribution in [0.4, 0.5) is 5.82 Å². The second-order valence-electron chi connectivity index (χ2n) is 5.40. The Morgan fingerprint density at radius 2 is 2.05 bits per heavy atom. The van der Waals surface area contributed by atoms with E-state index in [4.69, 9.17) is 10.6 Å². The van der Waals surface area contributed by atoms with Gasteiger partial charge < -0.3 is 10.2 Å². The van der Waals surface area contributed by atoms with Crippen LogP contribution in [0.2, 0.25) is 0 Å². The van der Waals surface area contributed by atoms with Crippen LogP contribution in [-0.4, -0.2) is 16.1 Å². The number of anilines is 1. The smallest absolute Gasteiger partial charge is 0.219 e. The largest absolute Gasteiger partial charge is 0.474 e. The van der Waals surface area contributed by atoms with E-state index in [0.29, 0.717) is 11.7 Å². The molecule has 0 bridgehead atoms. The number of nitrogens with two attached hydrogens (primary N) is 1. The molecule has 0 amide bonds. The lowest BCUT2D eigenvalue weighted by Crippen LogP contribution is -2.24. The maximum absolute atomic E-state index is 5.99. The normalized spacial score (nSPS) is 23.1. The third-order valence-electron chi connectivity index (χ3n) is 3.62. The van der Waals surface area contributed by atoms with Gasteiger partial charge in [0, 0.05) is 12.5 Å². The molecule has 5 heteroatoms. The summed E-state index contributed by atoms with van der Waals surface area (Å²) in [5.74, 6) is 8.32. The molecule has 0 aromatic carbocycles. The van der Waals surface area contributed by atoms with Gasteiger partial charge in [-0.25, -0.2) is 10.8 Å². The molecule has 0 aliphatic heterocycles. The molecule has 1 aromatic rings. The van der Waals surface area contributed by atoms with E-state index in [1.54, 1.807) is 6.07 Å². The second kappa shape index (κ2) is 6.70. The molecule has 1 aliphatic rings. The number of nitrogen functional groups attached to an aromatic ring is 1. The van der Waals surface area contributed by atoms with Gasteiger partial charge in [-0.3, -0.25) is 0 Å². The van der Waals surface area contributed by atoms with Crippen LogP contribution in [0.1, 0.15) is 51.8 Å². The van der Waals surface area contributed by atoms with Gasteiger partial charge in [-0.05, 0) is 38.0 Å². The summed E-state index contributed by atoms with van der Waals surface area (Å²) in [4.78, 5) is 8.77. The SMILES string of the molecule is CCCc1nc(NN)cc(OC2CCC(C)CC2)n1. The van der Waals surface area contributed by atoms with Crippen molar-refractivity contribution in [2.24, 2.45) is 11.8 Å². The molecule has 0 spiro atoms. The number of hydrogen-bond acceptors (Lipinski definition) is 5. The highest BCUT2D eigenvalue weighted by atomic mass is 16.5. The van der Waals surface area contributed by atoms with Crippen LogP contribution in [0.15, 0.2) is 6.07 Å². The average Bonchev–Trinajstić information content (AvgIpc) is 2.41. The van der Waals surface area contributed by atoms with Gasteiger partial charge in [-0.1, -0.05) is 13.8 Å². The number of hydrazine groups is 1. The fourth-order valence-corrected chi connectivity index (χ4v) is 2.46. The molecule has 1 fully saturated rings. The molecule has 0 radical (unpaired) electrons. The van der Waals surface area contributed by atoms with Gasteiger partial charge in [0.05, 0.1) is 0 Å². The van der Waals surface area contributed by atoms with Gasteiger partial charge in [0.25, 0.3) is 0 Å². The summed E-state index contributed by atoms with van der Waals surface area (Å²) in [5.41, 5.74) is 2.58. The first-order chi connectivity index (χ1) is 9.21. The number of nitrogens with one attached hydrogen (secondary N) is 1. The van der Waals surface area contributed by atoms with Crippen LogP contribution in [-0.2, 0) is 6.42 Å². The molecule has 0 atom stereocenters. The van der Waals surface area contributed by atoms with Gasteiger partial charge in [-0.15, -0.1) is 0 Å². The van der Waals surface area contributed by atoms with E-state index < -0.39 is 0 Å². The van der Waals surface area contributed by atoms with Crippen molar-refractivity contribution >= 4 is 5.82 Å². The maximum atomic E-state index is 5.99. The summed E-state index contributed by atoms with van der Waals surface area (Å²) in [7, 11) is 0. The molecule has 106 valence electrons. The van der Waals surface area contributed by atoms with E-state index >= 15 is 0 Å². The van der Waals surface area contributed by atoms with Crippen LogP contribution >= 0.6 is 0 Å². The molecule has 3 N–H and O–H groups in total. The van der Waals surface area contributed by atoms with E-state index in [1.807, 2.05) is 0 Å². The lowest BCUT2D eigenvalue weighted by molar-refractivity contribution is 0.129. The minimum atomic E-state index is 0.284. The van der Waals surface area contributed by atoms with Crippen molar-refractivity contribution in [1.29, 1.82) is 0 Å². The van der Waals surface area contributed by atoms with Crippen molar-refractivity contribution in [3.05, 3.63) is 11.9 Å². The zero-order chi connectivity index (χ0) is 13.7. The predicted octanol–water partition coefficient (Wildman–Crippen LogP) is 2.67. The van der Waals surface area contributed by atoms with Crippen molar-refractivity contribution in [2.45, 2.75) is 58.5 Å². The number of nitrogens with zero attached hydrogens (tertiary/aromatic N) is 2. The maximum Gasteiger partial charge on any atom is 0.219 e. The lowest BCUT2D eigenvalue weighted by Gasteiger charge is -2.26. The fourth-order valence-electron chi connectivity index (χ4n) is 2.46. The van der Waals surface area contributed by atoms with Crippen molar-refractivity contribution in [3.8, 4) is 5.88 Å². The molecule has 1 aromatic heterocycles. The van der Waals surface area contributed by atoms with E-state index in [2.05, 4.69) is 29.2 Å². The topological polar surface area (TPSA) is 73.1 Å². The molecular formula is C14H24N4O. The van der Waals surface area contributed by atoms with E-state index in [1.165, 1.54) is 12.8 Å². The summed E-state index contributed by atoms with van der Waals surface area (Å²) < 4.78 is 5.99. The van der Waals surface area contributed by atoms with Crippen molar-refractivity contribution in [2.75, 3.05) is 5.43 Å². The Hall–Kier alpha value is -1.36. The fraction of sp³-hybridized carbons (Fsp3) is 0.714. The third-order valence-corrected chi connectivity index (χ3v) is 3.62. The Kier molecular flexibility index (Phi) is 4.96. The van der Waals surface area contributed by atoms with Crippen molar-refractivity contribution in [3.63, 3.8) is 0 Å². The first-order valence-corrected chi connectivity index (χ1v) is 7.22. The van der Waals surface area contributed by atoms with Gasteiger partial charge in [0.2, 0.25) is 5.88 Å². The summed E-state index contributed by atoms with van der Waals surface area (Å²) in [5, 5.41) is 0. The molecule has 5 nitrogen and oxygen atoms in total. The quantitative estimate of drug-likeness (QED) is 0.632. The summed E-state index contributed by atoms with van der Waals surface area (Å²) >= 11 is 0. The van der Waals surface area contributed by atoms with Crippen molar-refractivity contribution in [1.82, 2.24) is 9.97 Å². The number of aryl methyl sites for hydroxylation is 1. The number of ether oxygens (including phenoxy) is 1. The minimum absolute atomic E-state index is 0.284. The van der Waals surface area contributed by atoms with Crippen LogP contribution in [0.25, 0.3) is 0 Å². The van der Waals surface area contributed by atoms with Crippen LogP contribution in [0.3, 0.4) is 0 Å². The Labute approximate surface area is 114 Å². The zero-order valence-electron chi connectivity index (χ0n) is 11.9. The minimum Gasteiger partial charge on any atom is -0.474 e. The molecule has 0 unspecified atom stereocenters. The molecule has 1 heterocycles. The Morgan fingerprint density at radius 1 is 1.32 bits per heavy atom. The molecule has 1 aliphatic carbocycles. The van der Waals surface area contributed by atoms with Gasteiger partial charge >= 0.3 is 0 Å². The van der Waals surface area contributed by atoms with E-state index in [9.17, 15) is 0 Å². The number of hydrogen-bond donors (Lipinski definition) is 2. The van der Waals surface area contributed by atoms with E-state index in [-0.39, 0.29) is 6.10 Å². The van der Waals surface area contributed by atoms with Gasteiger partial charge in [-0.2, -0.15) is 4.98 Å². The zero-order valence-corrected chi connectivity index (χ0v) is 11.9.